The number of likely N-dealkylation sites (tertiary alicyclic amines) is 1. The number of amides is 1. The molecule has 2 heterocycles. The molecule has 0 aliphatic carbocycles. The Morgan fingerprint density at radius 3 is 2.90 bits per heavy atom. The molecule has 102 valence electrons. The molecule has 0 bridgehead atoms. The Balaban J connectivity index is 1.87. The maximum absolute atomic E-state index is 12.6. The van der Waals surface area contributed by atoms with E-state index in [4.69, 9.17) is 11.6 Å². The third kappa shape index (κ3) is 2.54. The van der Waals surface area contributed by atoms with E-state index in [2.05, 4.69) is 4.98 Å². The summed E-state index contributed by atoms with van der Waals surface area (Å²) in [5.74, 6) is 0.0284. The Bertz CT molecular complexity index is 615. The van der Waals surface area contributed by atoms with Gasteiger partial charge in [-0.15, -0.1) is 0 Å². The van der Waals surface area contributed by atoms with Crippen LogP contribution in [0.4, 0.5) is 0 Å². The second-order valence-corrected chi connectivity index (χ2v) is 5.36. The van der Waals surface area contributed by atoms with E-state index in [1.54, 1.807) is 24.4 Å². The Morgan fingerprint density at radius 2 is 2.15 bits per heavy atom. The smallest absolute Gasteiger partial charge is 0.254 e. The molecule has 1 aromatic carbocycles. The third-order valence-electron chi connectivity index (χ3n) is 3.61. The summed E-state index contributed by atoms with van der Waals surface area (Å²) in [7, 11) is 0. The summed E-state index contributed by atoms with van der Waals surface area (Å²) in [5.41, 5.74) is 1.60. The molecule has 1 aliphatic rings. The Labute approximate surface area is 123 Å². The van der Waals surface area contributed by atoms with Gasteiger partial charge in [0.05, 0.1) is 11.7 Å². The molecule has 1 amide bonds. The molecule has 0 saturated carbocycles. The van der Waals surface area contributed by atoms with Crippen molar-refractivity contribution in [3.05, 3.63) is 64.9 Å². The van der Waals surface area contributed by atoms with E-state index in [0.717, 1.165) is 25.1 Å². The molecule has 1 unspecified atom stereocenters. The molecular weight excluding hydrogens is 272 g/mol. The van der Waals surface area contributed by atoms with Crippen molar-refractivity contribution in [3.8, 4) is 0 Å². The van der Waals surface area contributed by atoms with Crippen LogP contribution in [0.25, 0.3) is 0 Å². The first-order valence-corrected chi connectivity index (χ1v) is 7.11. The van der Waals surface area contributed by atoms with Gasteiger partial charge in [0.1, 0.15) is 0 Å². The van der Waals surface area contributed by atoms with Crippen molar-refractivity contribution >= 4 is 17.5 Å². The zero-order valence-electron chi connectivity index (χ0n) is 11.0. The zero-order valence-corrected chi connectivity index (χ0v) is 11.8. The van der Waals surface area contributed by atoms with Gasteiger partial charge in [-0.1, -0.05) is 23.7 Å². The average Bonchev–Trinajstić information content (AvgIpc) is 2.97. The monoisotopic (exact) mass is 286 g/mol. The van der Waals surface area contributed by atoms with Gasteiger partial charge < -0.3 is 4.90 Å². The van der Waals surface area contributed by atoms with Crippen molar-refractivity contribution in [2.24, 2.45) is 0 Å². The highest BCUT2D eigenvalue weighted by molar-refractivity contribution is 6.30. The van der Waals surface area contributed by atoms with E-state index in [9.17, 15) is 4.79 Å². The normalized spacial score (nSPS) is 18.2. The highest BCUT2D eigenvalue weighted by Crippen LogP contribution is 2.32. The quantitative estimate of drug-likeness (QED) is 0.843. The lowest BCUT2D eigenvalue weighted by atomic mass is 10.1. The number of pyridine rings is 1. The number of carbonyl (C=O) groups is 1. The average molecular weight is 287 g/mol. The Morgan fingerprint density at radius 1 is 1.25 bits per heavy atom. The minimum atomic E-state index is 0.0284. The summed E-state index contributed by atoms with van der Waals surface area (Å²) in [6.07, 6.45) is 3.74. The number of hydrogen-bond acceptors (Lipinski definition) is 2. The minimum Gasteiger partial charge on any atom is -0.330 e. The number of aromatic nitrogens is 1. The van der Waals surface area contributed by atoms with Crippen molar-refractivity contribution in [1.82, 2.24) is 9.88 Å². The summed E-state index contributed by atoms with van der Waals surface area (Å²) in [6, 6.07) is 13.0. The van der Waals surface area contributed by atoms with Crippen LogP contribution < -0.4 is 0 Å². The largest absolute Gasteiger partial charge is 0.330 e. The molecule has 1 aliphatic heterocycles. The van der Waals surface area contributed by atoms with Gasteiger partial charge in [-0.05, 0) is 43.2 Å². The van der Waals surface area contributed by atoms with Gasteiger partial charge in [0.2, 0.25) is 0 Å². The summed E-state index contributed by atoms with van der Waals surface area (Å²) in [6.45, 7) is 0.770. The number of halogens is 1. The standard InChI is InChI=1S/C16H15ClN2O/c17-13-6-3-5-12(11-13)16(20)19-10-4-8-15(19)14-7-1-2-9-18-14/h1-3,5-7,9,11,15H,4,8,10H2. The first-order valence-electron chi connectivity index (χ1n) is 6.73. The van der Waals surface area contributed by atoms with Crippen LogP contribution in [0.15, 0.2) is 48.7 Å². The fourth-order valence-electron chi connectivity index (χ4n) is 2.68. The van der Waals surface area contributed by atoms with Crippen LogP contribution in [0.3, 0.4) is 0 Å². The van der Waals surface area contributed by atoms with E-state index in [0.29, 0.717) is 10.6 Å². The summed E-state index contributed by atoms with van der Waals surface area (Å²) in [5, 5.41) is 0.587. The number of rotatable bonds is 2. The molecule has 2 aromatic rings. The maximum Gasteiger partial charge on any atom is 0.254 e. The van der Waals surface area contributed by atoms with Gasteiger partial charge in [-0.25, -0.2) is 0 Å². The van der Waals surface area contributed by atoms with Crippen LogP contribution in [-0.2, 0) is 0 Å². The second kappa shape index (κ2) is 5.63. The van der Waals surface area contributed by atoms with Crippen molar-refractivity contribution < 1.29 is 4.79 Å². The number of benzene rings is 1. The van der Waals surface area contributed by atoms with Gasteiger partial charge in [0.25, 0.3) is 5.91 Å². The number of carbonyl (C=O) groups excluding carboxylic acids is 1. The van der Waals surface area contributed by atoms with E-state index in [1.807, 2.05) is 29.2 Å². The molecule has 4 heteroatoms. The van der Waals surface area contributed by atoms with Crippen molar-refractivity contribution in [1.29, 1.82) is 0 Å². The molecule has 3 rings (SSSR count). The molecule has 3 nitrogen and oxygen atoms in total. The minimum absolute atomic E-state index is 0.0284. The topological polar surface area (TPSA) is 33.2 Å². The van der Waals surface area contributed by atoms with Gasteiger partial charge >= 0.3 is 0 Å². The van der Waals surface area contributed by atoms with Gasteiger partial charge in [-0.3, -0.25) is 9.78 Å². The second-order valence-electron chi connectivity index (χ2n) is 4.92. The van der Waals surface area contributed by atoms with E-state index in [-0.39, 0.29) is 11.9 Å². The number of hydrogen-bond donors (Lipinski definition) is 0. The summed E-state index contributed by atoms with van der Waals surface area (Å²) >= 11 is 5.97. The van der Waals surface area contributed by atoms with E-state index < -0.39 is 0 Å². The molecule has 1 saturated heterocycles. The fourth-order valence-corrected chi connectivity index (χ4v) is 2.87. The molecule has 1 aromatic heterocycles. The molecular formula is C16H15ClN2O. The molecule has 0 radical (unpaired) electrons. The fraction of sp³-hybridized carbons (Fsp3) is 0.250. The number of nitrogens with zero attached hydrogens (tertiary/aromatic N) is 2. The molecule has 0 N–H and O–H groups in total. The van der Waals surface area contributed by atoms with Crippen LogP contribution in [0.1, 0.15) is 34.9 Å². The first kappa shape index (κ1) is 13.1. The summed E-state index contributed by atoms with van der Waals surface area (Å²) < 4.78 is 0. The highest BCUT2D eigenvalue weighted by Gasteiger charge is 2.31. The van der Waals surface area contributed by atoms with Crippen LogP contribution >= 0.6 is 11.6 Å². The lowest BCUT2D eigenvalue weighted by Gasteiger charge is -2.24. The molecule has 20 heavy (non-hydrogen) atoms. The molecule has 1 fully saturated rings. The van der Waals surface area contributed by atoms with Gasteiger partial charge in [-0.2, -0.15) is 0 Å². The van der Waals surface area contributed by atoms with Crippen LogP contribution in [0.5, 0.6) is 0 Å². The first-order chi connectivity index (χ1) is 9.75. The van der Waals surface area contributed by atoms with Crippen molar-refractivity contribution in [2.45, 2.75) is 18.9 Å². The maximum atomic E-state index is 12.6. The Kier molecular flexibility index (Phi) is 3.70. The highest BCUT2D eigenvalue weighted by atomic mass is 35.5. The van der Waals surface area contributed by atoms with Crippen LogP contribution in [0, 0.1) is 0 Å². The van der Waals surface area contributed by atoms with E-state index in [1.165, 1.54) is 0 Å². The van der Waals surface area contributed by atoms with Gasteiger partial charge in [0, 0.05) is 23.3 Å². The van der Waals surface area contributed by atoms with Gasteiger partial charge in [0.15, 0.2) is 0 Å². The van der Waals surface area contributed by atoms with Crippen molar-refractivity contribution in [2.75, 3.05) is 6.54 Å². The third-order valence-corrected chi connectivity index (χ3v) is 3.85. The lowest BCUT2D eigenvalue weighted by Crippen LogP contribution is -2.30. The van der Waals surface area contributed by atoms with Crippen LogP contribution in [0.2, 0.25) is 5.02 Å². The molecule has 1 atom stereocenters. The zero-order chi connectivity index (χ0) is 13.9. The predicted octanol–water partition coefficient (Wildman–Crippen LogP) is 3.71. The predicted molar refractivity (Wildman–Crippen MR) is 78.7 cm³/mol. The molecule has 0 spiro atoms. The lowest BCUT2D eigenvalue weighted by molar-refractivity contribution is 0.0733. The SMILES string of the molecule is O=C(c1cccc(Cl)c1)N1CCCC1c1ccccn1. The summed E-state index contributed by atoms with van der Waals surface area (Å²) in [4.78, 5) is 18.9. The van der Waals surface area contributed by atoms with Crippen molar-refractivity contribution in [3.63, 3.8) is 0 Å². The van der Waals surface area contributed by atoms with E-state index >= 15 is 0 Å². The van der Waals surface area contributed by atoms with Crippen LogP contribution in [-0.4, -0.2) is 22.3 Å². The Hall–Kier alpha value is -1.87.